The Morgan fingerprint density at radius 3 is 2.59 bits per heavy atom. The van der Waals surface area contributed by atoms with Crippen molar-refractivity contribution in [2.45, 2.75) is 32.9 Å². The Bertz CT molecular complexity index is 732. The van der Waals surface area contributed by atoms with Gasteiger partial charge < -0.3 is 15.4 Å². The number of nitrogens with zero attached hydrogens (tertiary/aromatic N) is 2. The van der Waals surface area contributed by atoms with E-state index in [1.807, 2.05) is 11.3 Å². The largest absolute Gasteiger partial charge is 0.379 e. The SMILES string of the molecule is CCNC(=NCc1ccccc1CN1CCOCC1)NCC(C)c1cccs1.I. The summed E-state index contributed by atoms with van der Waals surface area (Å²) in [6, 6.07) is 12.9. The first-order valence-corrected chi connectivity index (χ1v) is 11.1. The predicted molar refractivity (Wildman–Crippen MR) is 134 cm³/mol. The molecule has 1 aliphatic rings. The molecule has 160 valence electrons. The van der Waals surface area contributed by atoms with Crippen molar-refractivity contribution in [3.8, 4) is 0 Å². The van der Waals surface area contributed by atoms with Crippen molar-refractivity contribution < 1.29 is 4.74 Å². The van der Waals surface area contributed by atoms with Gasteiger partial charge in [0.25, 0.3) is 0 Å². The molecule has 7 heteroatoms. The summed E-state index contributed by atoms with van der Waals surface area (Å²) in [7, 11) is 0. The van der Waals surface area contributed by atoms with E-state index in [2.05, 4.69) is 71.2 Å². The molecule has 1 aliphatic heterocycles. The summed E-state index contributed by atoms with van der Waals surface area (Å²) in [5.74, 6) is 1.35. The van der Waals surface area contributed by atoms with Crippen LogP contribution < -0.4 is 10.6 Å². The van der Waals surface area contributed by atoms with E-state index in [1.165, 1.54) is 16.0 Å². The molecule has 3 rings (SSSR count). The maximum absolute atomic E-state index is 5.47. The minimum Gasteiger partial charge on any atom is -0.379 e. The third-order valence-corrected chi connectivity index (χ3v) is 6.08. The van der Waals surface area contributed by atoms with E-state index in [0.717, 1.165) is 51.9 Å². The lowest BCUT2D eigenvalue weighted by Crippen LogP contribution is -2.39. The minimum atomic E-state index is 0. The molecule has 0 saturated carbocycles. The number of hydrogen-bond donors (Lipinski definition) is 2. The van der Waals surface area contributed by atoms with Crippen molar-refractivity contribution in [2.24, 2.45) is 4.99 Å². The molecule has 5 nitrogen and oxygen atoms in total. The van der Waals surface area contributed by atoms with Crippen molar-refractivity contribution in [3.05, 3.63) is 57.8 Å². The number of halogens is 1. The molecule has 1 saturated heterocycles. The van der Waals surface area contributed by atoms with Crippen LogP contribution in [0, 0.1) is 0 Å². The van der Waals surface area contributed by atoms with Gasteiger partial charge in [-0.2, -0.15) is 0 Å². The maximum Gasteiger partial charge on any atom is 0.191 e. The smallest absolute Gasteiger partial charge is 0.191 e. The van der Waals surface area contributed by atoms with Gasteiger partial charge in [0.15, 0.2) is 5.96 Å². The van der Waals surface area contributed by atoms with Crippen LogP contribution in [0.4, 0.5) is 0 Å². The predicted octanol–water partition coefficient (Wildman–Crippen LogP) is 4.06. The summed E-state index contributed by atoms with van der Waals surface area (Å²) in [5, 5.41) is 9.00. The minimum absolute atomic E-state index is 0. The Morgan fingerprint density at radius 2 is 1.90 bits per heavy atom. The Kier molecular flexibility index (Phi) is 11.0. The molecule has 2 heterocycles. The van der Waals surface area contributed by atoms with Gasteiger partial charge >= 0.3 is 0 Å². The van der Waals surface area contributed by atoms with Gasteiger partial charge in [-0.15, -0.1) is 35.3 Å². The van der Waals surface area contributed by atoms with Gasteiger partial charge in [0.2, 0.25) is 0 Å². The molecule has 1 fully saturated rings. The second-order valence-electron chi connectivity index (χ2n) is 7.15. The van der Waals surface area contributed by atoms with Crippen LogP contribution in [-0.2, 0) is 17.8 Å². The standard InChI is InChI=1S/C22H32N4OS.HI/c1-3-23-22(24-15-18(2)21-9-6-14-28-21)25-16-19-7-4-5-8-20(19)17-26-10-12-27-13-11-26;/h4-9,14,18H,3,10-13,15-17H2,1-2H3,(H2,23,24,25);1H. The number of guanidine groups is 1. The molecule has 1 aromatic carbocycles. The Labute approximate surface area is 196 Å². The molecule has 1 unspecified atom stereocenters. The van der Waals surface area contributed by atoms with Crippen LogP contribution >= 0.6 is 35.3 Å². The van der Waals surface area contributed by atoms with Crippen LogP contribution in [0.3, 0.4) is 0 Å². The topological polar surface area (TPSA) is 48.9 Å². The first-order valence-electron chi connectivity index (χ1n) is 10.2. The highest BCUT2D eigenvalue weighted by molar-refractivity contribution is 14.0. The zero-order valence-corrected chi connectivity index (χ0v) is 20.5. The van der Waals surface area contributed by atoms with Gasteiger partial charge in [0.1, 0.15) is 0 Å². The van der Waals surface area contributed by atoms with E-state index in [0.29, 0.717) is 12.5 Å². The van der Waals surface area contributed by atoms with Gasteiger partial charge in [-0.3, -0.25) is 4.90 Å². The van der Waals surface area contributed by atoms with E-state index in [4.69, 9.17) is 9.73 Å². The fraction of sp³-hybridized carbons (Fsp3) is 0.500. The second-order valence-corrected chi connectivity index (χ2v) is 8.13. The molecule has 1 atom stereocenters. The molecular formula is C22H33IN4OS. The van der Waals surface area contributed by atoms with Crippen LogP contribution in [0.5, 0.6) is 0 Å². The number of nitrogens with one attached hydrogen (secondary N) is 2. The van der Waals surface area contributed by atoms with Gasteiger partial charge in [-0.05, 0) is 29.5 Å². The average molecular weight is 529 g/mol. The molecule has 0 aliphatic carbocycles. The molecule has 2 aromatic rings. The van der Waals surface area contributed by atoms with Crippen molar-refractivity contribution in [3.63, 3.8) is 0 Å². The quantitative estimate of drug-likeness (QED) is 0.309. The Morgan fingerprint density at radius 1 is 1.14 bits per heavy atom. The summed E-state index contributed by atoms with van der Waals surface area (Å²) >= 11 is 1.81. The first kappa shape index (κ1) is 24.1. The number of hydrogen-bond acceptors (Lipinski definition) is 4. The number of morpholine rings is 1. The zero-order chi connectivity index (χ0) is 19.6. The lowest BCUT2D eigenvalue weighted by Gasteiger charge is -2.27. The van der Waals surface area contributed by atoms with Crippen LogP contribution in [0.15, 0.2) is 46.8 Å². The number of aliphatic imine (C=N–C) groups is 1. The van der Waals surface area contributed by atoms with E-state index in [1.54, 1.807) is 0 Å². The van der Waals surface area contributed by atoms with Crippen molar-refractivity contribution >= 4 is 41.3 Å². The molecule has 1 aromatic heterocycles. The molecule has 0 amide bonds. The average Bonchev–Trinajstić information content (AvgIpc) is 3.27. The third-order valence-electron chi connectivity index (χ3n) is 4.97. The highest BCUT2D eigenvalue weighted by Crippen LogP contribution is 2.19. The van der Waals surface area contributed by atoms with Gasteiger partial charge in [-0.25, -0.2) is 4.99 Å². The zero-order valence-electron chi connectivity index (χ0n) is 17.4. The Balaban J connectivity index is 0.00000300. The van der Waals surface area contributed by atoms with Crippen LogP contribution in [-0.4, -0.2) is 50.3 Å². The third kappa shape index (κ3) is 7.88. The van der Waals surface area contributed by atoms with Crippen LogP contribution in [0.25, 0.3) is 0 Å². The lowest BCUT2D eigenvalue weighted by molar-refractivity contribution is 0.0341. The van der Waals surface area contributed by atoms with Gasteiger partial charge in [0, 0.05) is 43.5 Å². The van der Waals surface area contributed by atoms with E-state index in [9.17, 15) is 0 Å². The summed E-state index contributed by atoms with van der Waals surface area (Å²) in [6.45, 7) is 11.4. The molecular weight excluding hydrogens is 495 g/mol. The summed E-state index contributed by atoms with van der Waals surface area (Å²) < 4.78 is 5.47. The monoisotopic (exact) mass is 528 g/mol. The normalized spacial score (nSPS) is 16.1. The van der Waals surface area contributed by atoms with E-state index < -0.39 is 0 Å². The van der Waals surface area contributed by atoms with Crippen molar-refractivity contribution in [1.82, 2.24) is 15.5 Å². The van der Waals surface area contributed by atoms with Gasteiger partial charge in [0.05, 0.1) is 19.8 Å². The summed E-state index contributed by atoms with van der Waals surface area (Å²) in [6.07, 6.45) is 0. The van der Waals surface area contributed by atoms with Gasteiger partial charge in [-0.1, -0.05) is 37.3 Å². The fourth-order valence-electron chi connectivity index (χ4n) is 3.29. The number of rotatable bonds is 8. The maximum atomic E-state index is 5.47. The second kappa shape index (κ2) is 13.2. The number of benzene rings is 1. The van der Waals surface area contributed by atoms with Crippen LogP contribution in [0.2, 0.25) is 0 Å². The highest BCUT2D eigenvalue weighted by atomic mass is 127. The van der Waals surface area contributed by atoms with E-state index in [-0.39, 0.29) is 24.0 Å². The molecule has 0 radical (unpaired) electrons. The highest BCUT2D eigenvalue weighted by Gasteiger charge is 2.13. The number of thiophene rings is 1. The molecule has 0 spiro atoms. The number of ether oxygens (including phenoxy) is 1. The van der Waals surface area contributed by atoms with E-state index >= 15 is 0 Å². The molecule has 2 N–H and O–H groups in total. The fourth-order valence-corrected chi connectivity index (χ4v) is 4.08. The van der Waals surface area contributed by atoms with Crippen molar-refractivity contribution in [2.75, 3.05) is 39.4 Å². The first-order chi connectivity index (χ1) is 13.8. The van der Waals surface area contributed by atoms with Crippen molar-refractivity contribution in [1.29, 1.82) is 0 Å². The molecule has 29 heavy (non-hydrogen) atoms. The van der Waals surface area contributed by atoms with Crippen LogP contribution in [0.1, 0.15) is 35.8 Å². The Hall–Kier alpha value is -1.16. The summed E-state index contributed by atoms with van der Waals surface area (Å²) in [4.78, 5) is 8.70. The summed E-state index contributed by atoms with van der Waals surface area (Å²) in [5.41, 5.74) is 2.65. The lowest BCUT2D eigenvalue weighted by atomic mass is 10.1. The molecule has 0 bridgehead atoms.